The van der Waals surface area contributed by atoms with Gasteiger partial charge in [-0.05, 0) is 37.0 Å². The predicted octanol–water partition coefficient (Wildman–Crippen LogP) is 1.86. The Morgan fingerprint density at radius 3 is 2.82 bits per heavy atom. The maximum absolute atomic E-state index is 12.2. The molecule has 2 aromatic rings. The summed E-state index contributed by atoms with van der Waals surface area (Å²) >= 11 is 3.33. The van der Waals surface area contributed by atoms with Crippen molar-refractivity contribution in [2.24, 2.45) is 5.92 Å². The van der Waals surface area contributed by atoms with Crippen molar-refractivity contribution in [1.82, 2.24) is 9.55 Å². The van der Waals surface area contributed by atoms with Crippen molar-refractivity contribution in [2.45, 2.75) is 19.4 Å². The van der Waals surface area contributed by atoms with Crippen molar-refractivity contribution >= 4 is 26.8 Å². The zero-order chi connectivity index (χ0) is 12.0. The summed E-state index contributed by atoms with van der Waals surface area (Å²) in [4.78, 5) is 26.7. The van der Waals surface area contributed by atoms with Gasteiger partial charge in [-0.25, -0.2) is 4.79 Å². The van der Waals surface area contributed by atoms with Crippen molar-refractivity contribution in [3.8, 4) is 0 Å². The molecule has 0 atom stereocenters. The Bertz CT molecular complexity index is 698. The maximum atomic E-state index is 12.2. The SMILES string of the molecule is O=c1[nH]c2ccc(Br)cc2c(=O)n1CC1CC1. The molecule has 0 unspecified atom stereocenters. The molecule has 88 valence electrons. The molecule has 1 heterocycles. The highest BCUT2D eigenvalue weighted by Crippen LogP contribution is 2.29. The lowest BCUT2D eigenvalue weighted by Crippen LogP contribution is -2.35. The van der Waals surface area contributed by atoms with Crippen LogP contribution in [-0.2, 0) is 6.54 Å². The van der Waals surface area contributed by atoms with Crippen molar-refractivity contribution < 1.29 is 0 Å². The van der Waals surface area contributed by atoms with E-state index >= 15 is 0 Å². The molecule has 3 rings (SSSR count). The molecule has 1 N–H and O–H groups in total. The van der Waals surface area contributed by atoms with Gasteiger partial charge in [0, 0.05) is 11.0 Å². The largest absolute Gasteiger partial charge is 0.328 e. The van der Waals surface area contributed by atoms with Gasteiger partial charge in [-0.15, -0.1) is 0 Å². The first-order valence-corrected chi connectivity index (χ1v) is 6.37. The molecule has 1 fully saturated rings. The van der Waals surface area contributed by atoms with Gasteiger partial charge in [0.25, 0.3) is 5.56 Å². The van der Waals surface area contributed by atoms with Crippen LogP contribution in [0.1, 0.15) is 12.8 Å². The fourth-order valence-corrected chi connectivity index (χ4v) is 2.31. The fourth-order valence-electron chi connectivity index (χ4n) is 1.95. The lowest BCUT2D eigenvalue weighted by atomic mass is 10.2. The Morgan fingerprint density at radius 2 is 2.12 bits per heavy atom. The number of nitrogens with zero attached hydrogens (tertiary/aromatic N) is 1. The van der Waals surface area contributed by atoms with Crippen molar-refractivity contribution in [1.29, 1.82) is 0 Å². The highest BCUT2D eigenvalue weighted by molar-refractivity contribution is 9.10. The summed E-state index contributed by atoms with van der Waals surface area (Å²) in [7, 11) is 0. The molecule has 1 saturated carbocycles. The molecule has 1 aliphatic carbocycles. The number of fused-ring (bicyclic) bond motifs is 1. The van der Waals surface area contributed by atoms with E-state index in [9.17, 15) is 9.59 Å². The second-order valence-electron chi connectivity index (χ2n) is 4.48. The summed E-state index contributed by atoms with van der Waals surface area (Å²) in [6.07, 6.45) is 2.23. The molecular formula is C12H11BrN2O2. The van der Waals surface area contributed by atoms with E-state index in [0.29, 0.717) is 23.4 Å². The van der Waals surface area contributed by atoms with Crippen molar-refractivity contribution in [3.05, 3.63) is 43.5 Å². The Morgan fingerprint density at radius 1 is 1.35 bits per heavy atom. The third-order valence-electron chi connectivity index (χ3n) is 3.08. The fraction of sp³-hybridized carbons (Fsp3) is 0.333. The first-order chi connectivity index (χ1) is 8.15. The van der Waals surface area contributed by atoms with E-state index in [0.717, 1.165) is 17.3 Å². The van der Waals surface area contributed by atoms with Gasteiger partial charge >= 0.3 is 5.69 Å². The Labute approximate surface area is 105 Å². The van der Waals surface area contributed by atoms with Crippen LogP contribution < -0.4 is 11.2 Å². The minimum atomic E-state index is -0.309. The summed E-state index contributed by atoms with van der Waals surface area (Å²) in [5, 5.41) is 0.555. The van der Waals surface area contributed by atoms with Gasteiger partial charge in [0.15, 0.2) is 0 Å². The molecule has 0 radical (unpaired) electrons. The van der Waals surface area contributed by atoms with E-state index in [2.05, 4.69) is 20.9 Å². The van der Waals surface area contributed by atoms with E-state index in [1.165, 1.54) is 4.57 Å². The second kappa shape index (κ2) is 3.84. The maximum Gasteiger partial charge on any atom is 0.328 e. The molecule has 5 heteroatoms. The molecule has 1 aliphatic rings. The summed E-state index contributed by atoms with van der Waals surface area (Å²) in [5.74, 6) is 0.499. The lowest BCUT2D eigenvalue weighted by Gasteiger charge is -2.05. The van der Waals surface area contributed by atoms with E-state index in [1.54, 1.807) is 12.1 Å². The molecule has 17 heavy (non-hydrogen) atoms. The van der Waals surface area contributed by atoms with Crippen LogP contribution in [0.5, 0.6) is 0 Å². The standard InChI is InChI=1S/C12H11BrN2O2/c13-8-3-4-10-9(5-8)11(16)15(12(17)14-10)6-7-1-2-7/h3-5,7H,1-2,6H2,(H,14,17). The second-order valence-corrected chi connectivity index (χ2v) is 5.39. The molecule has 0 aliphatic heterocycles. The smallest absolute Gasteiger partial charge is 0.307 e. The number of hydrogen-bond acceptors (Lipinski definition) is 2. The van der Waals surface area contributed by atoms with Crippen LogP contribution in [0.25, 0.3) is 10.9 Å². The lowest BCUT2D eigenvalue weighted by molar-refractivity contribution is 0.581. The van der Waals surface area contributed by atoms with Gasteiger partial charge in [-0.1, -0.05) is 15.9 Å². The van der Waals surface area contributed by atoms with Crippen molar-refractivity contribution in [3.63, 3.8) is 0 Å². The van der Waals surface area contributed by atoms with Crippen LogP contribution in [0, 0.1) is 5.92 Å². The number of halogens is 1. The number of aromatic nitrogens is 2. The third-order valence-corrected chi connectivity index (χ3v) is 3.57. The highest BCUT2D eigenvalue weighted by atomic mass is 79.9. The Kier molecular flexibility index (Phi) is 2.43. The molecule has 1 aromatic heterocycles. The number of hydrogen-bond donors (Lipinski definition) is 1. The molecule has 0 bridgehead atoms. The summed E-state index contributed by atoms with van der Waals surface area (Å²) in [5.41, 5.74) is 0.0870. The molecule has 0 saturated heterocycles. The quantitative estimate of drug-likeness (QED) is 0.919. The van der Waals surface area contributed by atoms with Gasteiger partial charge in [0.2, 0.25) is 0 Å². The van der Waals surface area contributed by atoms with Crippen LogP contribution in [-0.4, -0.2) is 9.55 Å². The van der Waals surface area contributed by atoms with E-state index < -0.39 is 0 Å². The van der Waals surface area contributed by atoms with Gasteiger partial charge in [0.1, 0.15) is 0 Å². The minimum absolute atomic E-state index is 0.197. The van der Waals surface area contributed by atoms with Gasteiger partial charge in [-0.3, -0.25) is 9.36 Å². The van der Waals surface area contributed by atoms with Crippen LogP contribution in [0.15, 0.2) is 32.3 Å². The zero-order valence-corrected chi connectivity index (χ0v) is 10.7. The Balaban J connectivity index is 2.28. The summed E-state index contributed by atoms with van der Waals surface area (Å²) < 4.78 is 2.15. The topological polar surface area (TPSA) is 54.9 Å². The van der Waals surface area contributed by atoms with Crippen molar-refractivity contribution in [2.75, 3.05) is 0 Å². The Hall–Kier alpha value is -1.36. The monoisotopic (exact) mass is 294 g/mol. The number of aromatic amines is 1. The number of rotatable bonds is 2. The molecule has 0 amide bonds. The normalized spacial score (nSPS) is 15.4. The first kappa shape index (κ1) is 10.8. The molecular weight excluding hydrogens is 284 g/mol. The summed E-state index contributed by atoms with van der Waals surface area (Å²) in [6, 6.07) is 5.30. The molecule has 4 nitrogen and oxygen atoms in total. The molecule has 0 spiro atoms. The number of H-pyrrole nitrogens is 1. The van der Waals surface area contributed by atoms with Crippen LogP contribution in [0.4, 0.5) is 0 Å². The van der Waals surface area contributed by atoms with Crippen LogP contribution in [0.2, 0.25) is 0 Å². The molecule has 1 aromatic carbocycles. The minimum Gasteiger partial charge on any atom is -0.307 e. The van der Waals surface area contributed by atoms with Crippen LogP contribution in [0.3, 0.4) is 0 Å². The average Bonchev–Trinajstić information content (AvgIpc) is 3.09. The highest BCUT2D eigenvalue weighted by Gasteiger charge is 2.23. The third kappa shape index (κ3) is 1.95. The van der Waals surface area contributed by atoms with Crippen LogP contribution >= 0.6 is 15.9 Å². The number of benzene rings is 1. The first-order valence-electron chi connectivity index (χ1n) is 5.57. The average molecular weight is 295 g/mol. The predicted molar refractivity (Wildman–Crippen MR) is 69.3 cm³/mol. The summed E-state index contributed by atoms with van der Waals surface area (Å²) in [6.45, 7) is 0.538. The van der Waals surface area contributed by atoms with E-state index in [1.807, 2.05) is 6.07 Å². The van der Waals surface area contributed by atoms with E-state index in [-0.39, 0.29) is 11.2 Å². The number of nitrogens with one attached hydrogen (secondary N) is 1. The van der Waals surface area contributed by atoms with E-state index in [4.69, 9.17) is 0 Å². The van der Waals surface area contributed by atoms with Gasteiger partial charge < -0.3 is 4.98 Å². The van der Waals surface area contributed by atoms with Gasteiger partial charge in [-0.2, -0.15) is 0 Å². The zero-order valence-electron chi connectivity index (χ0n) is 9.07. The van der Waals surface area contributed by atoms with Gasteiger partial charge in [0.05, 0.1) is 10.9 Å².